The van der Waals surface area contributed by atoms with Crippen molar-refractivity contribution in [2.45, 2.75) is 51.4 Å². The second kappa shape index (κ2) is 4.21. The van der Waals surface area contributed by atoms with Gasteiger partial charge in [-0.15, -0.1) is 0 Å². The van der Waals surface area contributed by atoms with E-state index in [1.807, 2.05) is 0 Å². The zero-order valence-corrected chi connectivity index (χ0v) is 11.0. The first-order valence-corrected chi connectivity index (χ1v) is 6.66. The van der Waals surface area contributed by atoms with Crippen LogP contribution in [-0.4, -0.2) is 29.5 Å². The Morgan fingerprint density at radius 1 is 1.16 bits per heavy atom. The summed E-state index contributed by atoms with van der Waals surface area (Å²) in [5, 5.41) is 4.02. The quantitative estimate of drug-likeness (QED) is 0.530. The van der Waals surface area contributed by atoms with E-state index in [1.165, 1.54) is 13.8 Å². The first kappa shape index (κ1) is 12.4. The Bertz CT molecular complexity index is 436. The van der Waals surface area contributed by atoms with Crippen LogP contribution < -0.4 is 0 Å². The average molecular weight is 267 g/mol. The molecule has 0 N–H and O–H groups in total. The van der Waals surface area contributed by atoms with Gasteiger partial charge in [0, 0.05) is 19.8 Å². The van der Waals surface area contributed by atoms with Crippen molar-refractivity contribution < 1.29 is 23.9 Å². The number of hydrogen-bond acceptors (Lipinski definition) is 6. The van der Waals surface area contributed by atoms with Crippen molar-refractivity contribution in [2.75, 3.05) is 0 Å². The fraction of sp³-hybridized carbons (Fsp3) is 0.769. The predicted molar refractivity (Wildman–Crippen MR) is 64.0 cm³/mol. The van der Waals surface area contributed by atoms with Gasteiger partial charge in [-0.1, -0.05) is 11.6 Å². The normalized spacial score (nSPS) is 33.9. The van der Waals surface area contributed by atoms with E-state index in [9.17, 15) is 9.59 Å². The van der Waals surface area contributed by atoms with Crippen molar-refractivity contribution in [1.29, 1.82) is 0 Å². The highest BCUT2D eigenvalue weighted by atomic mass is 16.7. The Balaban J connectivity index is 1.80. The van der Waals surface area contributed by atoms with Gasteiger partial charge in [0.15, 0.2) is 12.0 Å². The number of cyclic esters (lactones) is 2. The zero-order chi connectivity index (χ0) is 13.6. The molecule has 1 saturated carbocycles. The smallest absolute Gasteiger partial charge is 0.327 e. The summed E-state index contributed by atoms with van der Waals surface area (Å²) in [5.74, 6) is -3.32. The van der Waals surface area contributed by atoms with E-state index >= 15 is 0 Å². The third-order valence-electron chi connectivity index (χ3n) is 3.84. The second-order valence-electron chi connectivity index (χ2n) is 5.72. The van der Waals surface area contributed by atoms with Gasteiger partial charge in [0.2, 0.25) is 0 Å². The van der Waals surface area contributed by atoms with Crippen LogP contribution >= 0.6 is 0 Å². The van der Waals surface area contributed by atoms with Gasteiger partial charge in [-0.3, -0.25) is 9.59 Å². The molecule has 2 fully saturated rings. The molecule has 3 aliphatic rings. The van der Waals surface area contributed by atoms with Crippen LogP contribution in [0.1, 0.15) is 39.5 Å². The summed E-state index contributed by atoms with van der Waals surface area (Å²) >= 11 is 0. The molecule has 0 aromatic heterocycles. The molecule has 0 aromatic carbocycles. The van der Waals surface area contributed by atoms with Crippen LogP contribution in [0.5, 0.6) is 0 Å². The molecule has 0 unspecified atom stereocenters. The summed E-state index contributed by atoms with van der Waals surface area (Å²) in [4.78, 5) is 29.4. The lowest BCUT2D eigenvalue weighted by Gasteiger charge is -2.35. The molecule has 1 aliphatic carbocycles. The standard InChI is InChI=1S/C13H17NO5/c1-13(2)17-11(15)9(12(16)18-13)10-7-5-3-4-6-8(7)14-19-10/h7,9-10H,3-6H2,1-2H3/t7-,10-/m0/s1. The zero-order valence-electron chi connectivity index (χ0n) is 11.0. The van der Waals surface area contributed by atoms with Crippen molar-refractivity contribution >= 4 is 17.7 Å². The van der Waals surface area contributed by atoms with Crippen LogP contribution in [0, 0.1) is 11.8 Å². The largest absolute Gasteiger partial charge is 0.422 e. The lowest BCUT2D eigenvalue weighted by atomic mass is 9.79. The van der Waals surface area contributed by atoms with E-state index in [1.54, 1.807) is 0 Å². The van der Waals surface area contributed by atoms with Crippen molar-refractivity contribution in [1.82, 2.24) is 0 Å². The van der Waals surface area contributed by atoms with Crippen LogP contribution in [-0.2, 0) is 23.9 Å². The van der Waals surface area contributed by atoms with Crippen LogP contribution in [0.15, 0.2) is 5.16 Å². The molecule has 0 amide bonds. The number of nitrogens with zero attached hydrogens (tertiary/aromatic N) is 1. The number of oxime groups is 1. The molecule has 2 atom stereocenters. The second-order valence-corrected chi connectivity index (χ2v) is 5.72. The molecule has 0 aromatic rings. The van der Waals surface area contributed by atoms with E-state index < -0.39 is 29.7 Å². The minimum Gasteiger partial charge on any atom is -0.422 e. The van der Waals surface area contributed by atoms with Gasteiger partial charge < -0.3 is 14.3 Å². The first-order valence-electron chi connectivity index (χ1n) is 6.66. The third-order valence-corrected chi connectivity index (χ3v) is 3.84. The fourth-order valence-corrected chi connectivity index (χ4v) is 2.98. The number of rotatable bonds is 1. The summed E-state index contributed by atoms with van der Waals surface area (Å²) in [6.45, 7) is 3.08. The first-order chi connectivity index (χ1) is 8.98. The predicted octanol–water partition coefficient (Wildman–Crippen LogP) is 1.38. The Kier molecular flexibility index (Phi) is 2.76. The number of fused-ring (bicyclic) bond motifs is 1. The molecular weight excluding hydrogens is 250 g/mol. The molecule has 3 rings (SSSR count). The topological polar surface area (TPSA) is 74.2 Å². The summed E-state index contributed by atoms with van der Waals surface area (Å²) in [7, 11) is 0. The molecule has 104 valence electrons. The van der Waals surface area contributed by atoms with E-state index in [0.717, 1.165) is 31.4 Å². The van der Waals surface area contributed by atoms with E-state index in [2.05, 4.69) is 5.16 Å². The van der Waals surface area contributed by atoms with Crippen LogP contribution in [0.4, 0.5) is 0 Å². The number of ether oxygens (including phenoxy) is 2. The van der Waals surface area contributed by atoms with Crippen LogP contribution in [0.25, 0.3) is 0 Å². The molecular formula is C13H17NO5. The van der Waals surface area contributed by atoms with Gasteiger partial charge in [0.25, 0.3) is 5.79 Å². The van der Waals surface area contributed by atoms with Crippen molar-refractivity contribution in [2.24, 2.45) is 17.0 Å². The maximum Gasteiger partial charge on any atom is 0.327 e. The van der Waals surface area contributed by atoms with E-state index in [0.29, 0.717) is 0 Å². The summed E-state index contributed by atoms with van der Waals surface area (Å²) in [5.41, 5.74) is 0.960. The number of esters is 2. The van der Waals surface area contributed by atoms with Gasteiger partial charge in [-0.25, -0.2) is 0 Å². The molecule has 0 radical (unpaired) electrons. The third kappa shape index (κ3) is 2.09. The van der Waals surface area contributed by atoms with Crippen LogP contribution in [0.3, 0.4) is 0 Å². The van der Waals surface area contributed by atoms with Crippen LogP contribution in [0.2, 0.25) is 0 Å². The average Bonchev–Trinajstić information content (AvgIpc) is 2.71. The van der Waals surface area contributed by atoms with Gasteiger partial charge >= 0.3 is 11.9 Å². The van der Waals surface area contributed by atoms with Crippen molar-refractivity contribution in [3.8, 4) is 0 Å². The van der Waals surface area contributed by atoms with Crippen molar-refractivity contribution in [3.05, 3.63) is 0 Å². The Labute approximate surface area is 111 Å². The lowest BCUT2D eigenvalue weighted by molar-refractivity contribution is -0.246. The summed E-state index contributed by atoms with van der Waals surface area (Å²) in [6, 6.07) is 0. The fourth-order valence-electron chi connectivity index (χ4n) is 2.98. The highest BCUT2D eigenvalue weighted by Crippen LogP contribution is 2.37. The molecule has 0 spiro atoms. The maximum absolute atomic E-state index is 12.0. The summed E-state index contributed by atoms with van der Waals surface area (Å²) < 4.78 is 10.3. The number of hydrogen-bond donors (Lipinski definition) is 0. The number of carbonyl (C=O) groups is 2. The van der Waals surface area contributed by atoms with E-state index in [-0.39, 0.29) is 5.92 Å². The Morgan fingerprint density at radius 2 is 1.84 bits per heavy atom. The van der Waals surface area contributed by atoms with E-state index in [4.69, 9.17) is 14.3 Å². The highest BCUT2D eigenvalue weighted by molar-refractivity contribution is 5.99. The lowest BCUT2D eigenvalue weighted by Crippen LogP contribution is -2.52. The molecule has 1 saturated heterocycles. The van der Waals surface area contributed by atoms with Gasteiger partial charge in [-0.05, 0) is 19.3 Å². The van der Waals surface area contributed by atoms with Gasteiger partial charge in [-0.2, -0.15) is 0 Å². The molecule has 2 heterocycles. The van der Waals surface area contributed by atoms with Gasteiger partial charge in [0.05, 0.1) is 5.71 Å². The Morgan fingerprint density at radius 3 is 2.53 bits per heavy atom. The SMILES string of the molecule is CC1(C)OC(=O)C([C@H]2ON=C3CCCC[C@@H]32)C(=O)O1. The van der Waals surface area contributed by atoms with Crippen molar-refractivity contribution in [3.63, 3.8) is 0 Å². The minimum atomic E-state index is -1.19. The minimum absolute atomic E-state index is 0.0417. The molecule has 19 heavy (non-hydrogen) atoms. The van der Waals surface area contributed by atoms with Gasteiger partial charge in [0.1, 0.15) is 0 Å². The molecule has 6 heteroatoms. The molecule has 0 bridgehead atoms. The maximum atomic E-state index is 12.0. The highest BCUT2D eigenvalue weighted by Gasteiger charge is 2.53. The summed E-state index contributed by atoms with van der Waals surface area (Å²) in [6.07, 6.45) is 3.35. The number of carbonyl (C=O) groups excluding carboxylic acids is 2. The molecule has 6 nitrogen and oxygen atoms in total. The Hall–Kier alpha value is -1.59. The molecule has 2 aliphatic heterocycles. The monoisotopic (exact) mass is 267 g/mol.